The third-order valence-corrected chi connectivity index (χ3v) is 3.30. The maximum Gasteiger partial charge on any atom is 0.394 e. The average Bonchev–Trinajstić information content (AvgIpc) is 2.89. The molecule has 11 heteroatoms. The van der Waals surface area contributed by atoms with Crippen molar-refractivity contribution in [1.29, 1.82) is 0 Å². The van der Waals surface area contributed by atoms with Gasteiger partial charge in [-0.3, -0.25) is 0 Å². The fourth-order valence-corrected chi connectivity index (χ4v) is 1.99. The summed E-state index contributed by atoms with van der Waals surface area (Å²) < 4.78 is 94.8. The van der Waals surface area contributed by atoms with E-state index in [0.29, 0.717) is 0 Å². The third-order valence-electron chi connectivity index (χ3n) is 3.07. The Bertz CT molecular complexity index is 530. The second kappa shape index (κ2) is 7.61. The number of carbonyl (C=O) groups is 1. The number of hydrogen-bond donors (Lipinski definition) is 0. The summed E-state index contributed by atoms with van der Waals surface area (Å²) in [6.45, 7) is 4.53. The monoisotopic (exact) mass is 398 g/mol. The highest BCUT2D eigenvalue weighted by Gasteiger charge is 2.74. The molecule has 0 saturated carbocycles. The average molecular weight is 399 g/mol. The lowest BCUT2D eigenvalue weighted by atomic mass is 10.0. The summed E-state index contributed by atoms with van der Waals surface area (Å²) in [5.74, 6) is -14.9. The van der Waals surface area contributed by atoms with Crippen molar-refractivity contribution < 1.29 is 45.3 Å². The number of alkyl halides is 7. The number of hydrogen-bond acceptors (Lipinski definition) is 4. The molecule has 0 aromatic heterocycles. The molecule has 146 valence electrons. The second-order valence-corrected chi connectivity index (χ2v) is 6.13. The van der Waals surface area contributed by atoms with Crippen LogP contribution >= 0.6 is 11.6 Å². The van der Waals surface area contributed by atoms with Crippen molar-refractivity contribution in [2.45, 2.75) is 50.7 Å². The molecule has 1 heterocycles. The summed E-state index contributed by atoms with van der Waals surface area (Å²) in [7, 11) is 0. The highest BCUT2D eigenvalue weighted by molar-refractivity contribution is 6.22. The van der Waals surface area contributed by atoms with E-state index >= 15 is 0 Å². The van der Waals surface area contributed by atoms with Crippen molar-refractivity contribution in [2.75, 3.05) is 13.2 Å². The Kier molecular flexibility index (Phi) is 6.66. The van der Waals surface area contributed by atoms with Gasteiger partial charge in [-0.15, -0.1) is 0 Å². The van der Waals surface area contributed by atoms with E-state index in [2.05, 4.69) is 21.1 Å². The van der Waals surface area contributed by atoms with Gasteiger partial charge >= 0.3 is 23.2 Å². The molecule has 1 atom stereocenters. The van der Waals surface area contributed by atoms with E-state index in [4.69, 9.17) is 4.74 Å². The summed E-state index contributed by atoms with van der Waals surface area (Å²) in [4.78, 5) is 11.7. The van der Waals surface area contributed by atoms with Crippen LogP contribution in [0.5, 0.6) is 0 Å². The van der Waals surface area contributed by atoms with Gasteiger partial charge in [-0.1, -0.05) is 13.8 Å². The Morgan fingerprint density at radius 3 is 2.28 bits per heavy atom. The first-order valence-corrected chi connectivity index (χ1v) is 7.64. The predicted molar refractivity (Wildman–Crippen MR) is 74.6 cm³/mol. The molecule has 4 nitrogen and oxygen atoms in total. The minimum absolute atomic E-state index is 0.00167. The summed E-state index contributed by atoms with van der Waals surface area (Å²) in [6.07, 6.45) is -2.16. The van der Waals surface area contributed by atoms with E-state index in [9.17, 15) is 31.1 Å². The van der Waals surface area contributed by atoms with Crippen LogP contribution in [0.3, 0.4) is 0 Å². The molecule has 0 aromatic carbocycles. The Hall–Kier alpha value is -1.16. The molecule has 1 aliphatic rings. The van der Waals surface area contributed by atoms with Crippen molar-refractivity contribution in [2.24, 2.45) is 5.92 Å². The summed E-state index contributed by atoms with van der Waals surface area (Å²) in [5.41, 5.74) is -0.999. The summed E-state index contributed by atoms with van der Waals surface area (Å²) >= 11 is 4.13. The van der Waals surface area contributed by atoms with Crippen LogP contribution in [-0.4, -0.2) is 42.7 Å². The molecule has 0 saturated heterocycles. The molecule has 1 rings (SSSR count). The summed E-state index contributed by atoms with van der Waals surface area (Å²) in [5, 5.41) is -5.58. The Morgan fingerprint density at radius 2 is 1.84 bits per heavy atom. The van der Waals surface area contributed by atoms with Gasteiger partial charge in [-0.2, -0.15) is 26.3 Å². The van der Waals surface area contributed by atoms with Gasteiger partial charge in [0.1, 0.15) is 0 Å². The molecule has 0 fully saturated rings. The topological polar surface area (TPSA) is 44.8 Å². The molecule has 1 unspecified atom stereocenters. The van der Waals surface area contributed by atoms with Gasteiger partial charge in [-0.25, -0.2) is 4.79 Å². The lowest BCUT2D eigenvalue weighted by Gasteiger charge is -2.30. The van der Waals surface area contributed by atoms with Gasteiger partial charge in [0, 0.05) is 6.42 Å². The normalized spacial score (nSPS) is 19.4. The highest BCUT2D eigenvalue weighted by atomic mass is 35.5. The fraction of sp³-hybridized carbons (Fsp3) is 0.786. The molecule has 0 bridgehead atoms. The molecule has 0 aromatic rings. The first kappa shape index (κ1) is 21.9. The van der Waals surface area contributed by atoms with Crippen LogP contribution in [0.1, 0.15) is 27.2 Å². The minimum Gasteiger partial charge on any atom is -0.463 e. The zero-order chi connectivity index (χ0) is 19.6. The van der Waals surface area contributed by atoms with Crippen molar-refractivity contribution in [1.82, 2.24) is 0 Å². The second-order valence-electron chi connectivity index (χ2n) is 5.65. The predicted octanol–water partition coefficient (Wildman–Crippen LogP) is 4.32. The van der Waals surface area contributed by atoms with Gasteiger partial charge in [0.05, 0.1) is 18.8 Å². The van der Waals surface area contributed by atoms with Crippen molar-refractivity contribution in [3.05, 3.63) is 11.3 Å². The maximum atomic E-state index is 14.1. The molecular weight excluding hydrogens is 382 g/mol. The van der Waals surface area contributed by atoms with E-state index in [0.717, 1.165) is 0 Å². The van der Waals surface area contributed by atoms with E-state index in [1.54, 1.807) is 13.8 Å². The van der Waals surface area contributed by atoms with Crippen molar-refractivity contribution in [3.63, 3.8) is 0 Å². The smallest absolute Gasteiger partial charge is 0.394 e. The number of carbonyl (C=O) groups excluding carboxylic acids is 1. The SMILES string of the molecule is CCOC(=O)C1=C(C(F)(F)C(F)(F)C(F)(F)Cl)OC(OCC(C)C)C1. The van der Waals surface area contributed by atoms with Crippen LogP contribution < -0.4 is 0 Å². The number of rotatable bonds is 8. The van der Waals surface area contributed by atoms with Crippen LogP contribution in [0.2, 0.25) is 0 Å². The van der Waals surface area contributed by atoms with Crippen LogP contribution in [0, 0.1) is 5.92 Å². The van der Waals surface area contributed by atoms with E-state index < -0.39 is 47.2 Å². The van der Waals surface area contributed by atoms with E-state index in [1.807, 2.05) is 0 Å². The van der Waals surface area contributed by atoms with Crippen molar-refractivity contribution in [3.8, 4) is 0 Å². The molecule has 1 aliphatic heterocycles. The quantitative estimate of drug-likeness (QED) is 0.347. The van der Waals surface area contributed by atoms with Crippen LogP contribution in [0.25, 0.3) is 0 Å². The fourth-order valence-electron chi connectivity index (χ4n) is 1.87. The first-order chi connectivity index (χ1) is 11.3. The highest BCUT2D eigenvalue weighted by Crippen LogP contribution is 2.53. The third kappa shape index (κ3) is 4.52. The zero-order valence-corrected chi connectivity index (χ0v) is 14.3. The lowest BCUT2D eigenvalue weighted by Crippen LogP contribution is -2.53. The maximum absolute atomic E-state index is 14.1. The van der Waals surface area contributed by atoms with Crippen LogP contribution in [0.4, 0.5) is 26.3 Å². The minimum atomic E-state index is -6.01. The molecular formula is C14H17ClF6O4. The Labute approximate surface area is 145 Å². The number of ether oxygens (including phenoxy) is 3. The number of halogens is 7. The standard InChI is InChI=1S/C14H17ClF6O4/c1-4-23-11(22)8-5-9(24-6-7(2)3)25-10(8)12(16,17)13(18,19)14(15,20)21/h7,9H,4-6H2,1-3H3. The first-order valence-electron chi connectivity index (χ1n) is 7.27. The van der Waals surface area contributed by atoms with Gasteiger partial charge in [0.2, 0.25) is 6.29 Å². The largest absolute Gasteiger partial charge is 0.463 e. The molecule has 0 spiro atoms. The number of allylic oxidation sites excluding steroid dienone is 1. The van der Waals surface area contributed by atoms with Crippen molar-refractivity contribution >= 4 is 17.6 Å². The summed E-state index contributed by atoms with van der Waals surface area (Å²) in [6, 6.07) is 0. The Balaban J connectivity index is 3.23. The molecule has 0 radical (unpaired) electrons. The Morgan fingerprint density at radius 1 is 1.28 bits per heavy atom. The molecule has 0 N–H and O–H groups in total. The van der Waals surface area contributed by atoms with Crippen LogP contribution in [0.15, 0.2) is 11.3 Å². The van der Waals surface area contributed by atoms with Gasteiger partial charge < -0.3 is 14.2 Å². The van der Waals surface area contributed by atoms with Crippen LogP contribution in [-0.2, 0) is 19.0 Å². The van der Waals surface area contributed by atoms with E-state index in [1.165, 1.54) is 6.92 Å². The molecule has 0 aliphatic carbocycles. The van der Waals surface area contributed by atoms with Gasteiger partial charge in [0.25, 0.3) is 0 Å². The molecule has 25 heavy (non-hydrogen) atoms. The zero-order valence-electron chi connectivity index (χ0n) is 13.6. The number of esters is 1. The van der Waals surface area contributed by atoms with E-state index in [-0.39, 0.29) is 19.1 Å². The van der Waals surface area contributed by atoms with Gasteiger partial charge in [0.15, 0.2) is 5.76 Å². The van der Waals surface area contributed by atoms with Gasteiger partial charge in [-0.05, 0) is 24.4 Å². The molecule has 0 amide bonds. The lowest BCUT2D eigenvalue weighted by molar-refractivity contribution is -0.280.